The summed E-state index contributed by atoms with van der Waals surface area (Å²) in [5.74, 6) is -0.775. The van der Waals surface area contributed by atoms with E-state index in [4.69, 9.17) is 5.11 Å². The fourth-order valence-electron chi connectivity index (χ4n) is 1.71. The topological polar surface area (TPSA) is 79.3 Å². The molecule has 2 aromatic heterocycles. The van der Waals surface area contributed by atoms with Gasteiger partial charge in [-0.25, -0.2) is 9.78 Å². The van der Waals surface area contributed by atoms with E-state index in [1.54, 1.807) is 12.1 Å². The summed E-state index contributed by atoms with van der Waals surface area (Å²) in [5, 5.41) is 11.4. The molecule has 2 N–H and O–H groups in total. The van der Waals surface area contributed by atoms with E-state index in [0.29, 0.717) is 10.7 Å². The lowest BCUT2D eigenvalue weighted by atomic mass is 10.2. The Bertz CT molecular complexity index is 719. The Hall–Kier alpha value is -2.47. The van der Waals surface area contributed by atoms with Gasteiger partial charge in [-0.05, 0) is 43.7 Å². The number of carbonyl (C=O) groups excluding carboxylic acids is 1. The quantitative estimate of drug-likeness (QED) is 0.850. The highest BCUT2D eigenvalue weighted by molar-refractivity contribution is 7.15. The number of rotatable bonds is 4. The number of hydrogen-bond donors (Lipinski definition) is 2. The van der Waals surface area contributed by atoms with Crippen LogP contribution in [0.3, 0.4) is 0 Å². The van der Waals surface area contributed by atoms with Gasteiger partial charge >= 0.3 is 5.97 Å². The molecule has 2 rings (SSSR count). The maximum atomic E-state index is 12.1. The molecule has 0 unspecified atom stereocenters. The van der Waals surface area contributed by atoms with E-state index in [0.717, 1.165) is 22.2 Å². The maximum Gasteiger partial charge on any atom is 0.328 e. The molecule has 2 aromatic rings. The average molecular weight is 302 g/mol. The number of anilines is 1. The van der Waals surface area contributed by atoms with E-state index in [1.807, 2.05) is 26.0 Å². The predicted octanol–water partition coefficient (Wildman–Crippen LogP) is 3.11. The van der Waals surface area contributed by atoms with Gasteiger partial charge in [0.15, 0.2) is 0 Å². The van der Waals surface area contributed by atoms with Gasteiger partial charge in [0.2, 0.25) is 0 Å². The number of thiophene rings is 1. The lowest BCUT2D eigenvalue weighted by Gasteiger charge is -2.02. The molecule has 0 aliphatic heterocycles. The predicted molar refractivity (Wildman–Crippen MR) is 82.7 cm³/mol. The van der Waals surface area contributed by atoms with Crippen LogP contribution in [0, 0.1) is 13.8 Å². The molecule has 0 bridgehead atoms. The van der Waals surface area contributed by atoms with Crippen molar-refractivity contribution in [2.45, 2.75) is 13.8 Å². The normalized spacial score (nSPS) is 10.8. The van der Waals surface area contributed by atoms with Gasteiger partial charge in [-0.3, -0.25) is 4.79 Å². The minimum atomic E-state index is -1.02. The zero-order valence-electron chi connectivity index (χ0n) is 11.6. The van der Waals surface area contributed by atoms with Gasteiger partial charge in [0, 0.05) is 16.6 Å². The molecular formula is C15H14N2O3S. The van der Waals surface area contributed by atoms with Gasteiger partial charge in [0.25, 0.3) is 5.91 Å². The number of carboxylic acids is 1. The summed E-state index contributed by atoms with van der Waals surface area (Å²) < 4.78 is 0. The van der Waals surface area contributed by atoms with Crippen LogP contribution in [0.4, 0.5) is 5.82 Å². The SMILES string of the molecule is Cc1cccc(NC(=O)c2cc(C)c(/C=C/C(=O)O)s2)n1. The third-order valence-electron chi connectivity index (χ3n) is 2.69. The van der Waals surface area contributed by atoms with Gasteiger partial charge in [0.1, 0.15) is 5.82 Å². The molecular weight excluding hydrogens is 288 g/mol. The lowest BCUT2D eigenvalue weighted by Crippen LogP contribution is -2.11. The fourth-order valence-corrected chi connectivity index (χ4v) is 2.68. The molecule has 0 aliphatic carbocycles. The minimum absolute atomic E-state index is 0.254. The van der Waals surface area contributed by atoms with Crippen LogP contribution in [-0.4, -0.2) is 22.0 Å². The number of amides is 1. The molecule has 0 spiro atoms. The van der Waals surface area contributed by atoms with Crippen molar-refractivity contribution in [3.05, 3.63) is 51.4 Å². The van der Waals surface area contributed by atoms with Gasteiger partial charge in [0.05, 0.1) is 4.88 Å². The first-order valence-corrected chi connectivity index (χ1v) is 7.04. The number of nitrogens with one attached hydrogen (secondary N) is 1. The van der Waals surface area contributed by atoms with Crippen LogP contribution in [0.2, 0.25) is 0 Å². The number of aromatic nitrogens is 1. The molecule has 0 radical (unpaired) electrons. The first-order chi connectivity index (χ1) is 9.95. The van der Waals surface area contributed by atoms with Crippen LogP contribution in [0.25, 0.3) is 6.08 Å². The molecule has 0 saturated heterocycles. The smallest absolute Gasteiger partial charge is 0.328 e. The third-order valence-corrected chi connectivity index (χ3v) is 3.89. The van der Waals surface area contributed by atoms with Crippen molar-refractivity contribution in [1.82, 2.24) is 4.98 Å². The highest BCUT2D eigenvalue weighted by Gasteiger charge is 2.12. The first-order valence-electron chi connectivity index (χ1n) is 6.22. The van der Waals surface area contributed by atoms with Crippen molar-refractivity contribution in [1.29, 1.82) is 0 Å². The Kier molecular flexibility index (Phi) is 4.49. The Morgan fingerprint density at radius 1 is 1.33 bits per heavy atom. The van der Waals surface area contributed by atoms with Crippen LogP contribution in [-0.2, 0) is 4.79 Å². The van der Waals surface area contributed by atoms with Crippen LogP contribution < -0.4 is 5.32 Å². The summed E-state index contributed by atoms with van der Waals surface area (Å²) in [4.78, 5) is 28.1. The zero-order chi connectivity index (χ0) is 15.4. The Labute approximate surface area is 126 Å². The van der Waals surface area contributed by atoms with Crippen LogP contribution in [0.15, 0.2) is 30.3 Å². The second-order valence-electron chi connectivity index (χ2n) is 4.45. The molecule has 5 nitrogen and oxygen atoms in total. The number of hydrogen-bond acceptors (Lipinski definition) is 4. The molecule has 6 heteroatoms. The van der Waals surface area contributed by atoms with E-state index in [-0.39, 0.29) is 5.91 Å². The number of nitrogens with zero attached hydrogens (tertiary/aromatic N) is 1. The van der Waals surface area contributed by atoms with Crippen molar-refractivity contribution < 1.29 is 14.7 Å². The average Bonchev–Trinajstić information content (AvgIpc) is 2.78. The van der Waals surface area contributed by atoms with E-state index in [2.05, 4.69) is 10.3 Å². The molecule has 1 amide bonds. The standard InChI is InChI=1S/C15H14N2O3S/c1-9-8-12(21-11(9)6-7-14(18)19)15(20)17-13-5-3-4-10(2)16-13/h3-8H,1-2H3,(H,18,19)(H,16,17,20)/b7-6+. The summed E-state index contributed by atoms with van der Waals surface area (Å²) in [5.41, 5.74) is 1.68. The van der Waals surface area contributed by atoms with E-state index < -0.39 is 5.97 Å². The first kappa shape index (κ1) is 14.9. The molecule has 0 aliphatic rings. The van der Waals surface area contributed by atoms with Crippen molar-refractivity contribution in [3.8, 4) is 0 Å². The van der Waals surface area contributed by atoms with Gasteiger partial charge in [-0.15, -0.1) is 11.3 Å². The summed E-state index contributed by atoms with van der Waals surface area (Å²) in [6.07, 6.45) is 2.55. The Morgan fingerprint density at radius 2 is 2.10 bits per heavy atom. The largest absolute Gasteiger partial charge is 0.478 e. The molecule has 0 aromatic carbocycles. The van der Waals surface area contributed by atoms with Crippen LogP contribution in [0.1, 0.15) is 25.8 Å². The van der Waals surface area contributed by atoms with Gasteiger partial charge < -0.3 is 10.4 Å². The summed E-state index contributed by atoms with van der Waals surface area (Å²) in [7, 11) is 0. The molecule has 2 heterocycles. The zero-order valence-corrected chi connectivity index (χ0v) is 12.4. The summed E-state index contributed by atoms with van der Waals surface area (Å²) in [6, 6.07) is 7.12. The highest BCUT2D eigenvalue weighted by Crippen LogP contribution is 2.24. The minimum Gasteiger partial charge on any atom is -0.478 e. The third kappa shape index (κ3) is 4.00. The van der Waals surface area contributed by atoms with Crippen molar-refractivity contribution in [2.24, 2.45) is 0 Å². The van der Waals surface area contributed by atoms with Crippen LogP contribution in [0.5, 0.6) is 0 Å². The highest BCUT2D eigenvalue weighted by atomic mass is 32.1. The van der Waals surface area contributed by atoms with Crippen molar-refractivity contribution in [2.75, 3.05) is 5.32 Å². The maximum absolute atomic E-state index is 12.1. The van der Waals surface area contributed by atoms with E-state index in [1.165, 1.54) is 17.4 Å². The monoisotopic (exact) mass is 302 g/mol. The lowest BCUT2D eigenvalue weighted by molar-refractivity contribution is -0.131. The second-order valence-corrected chi connectivity index (χ2v) is 5.53. The van der Waals surface area contributed by atoms with Gasteiger partial charge in [-0.2, -0.15) is 0 Å². The number of aliphatic carboxylic acids is 1. The molecule has 0 atom stereocenters. The van der Waals surface area contributed by atoms with E-state index in [9.17, 15) is 9.59 Å². The van der Waals surface area contributed by atoms with Crippen molar-refractivity contribution in [3.63, 3.8) is 0 Å². The summed E-state index contributed by atoms with van der Waals surface area (Å²) >= 11 is 1.24. The number of carbonyl (C=O) groups is 2. The molecule has 0 fully saturated rings. The summed E-state index contributed by atoms with van der Waals surface area (Å²) in [6.45, 7) is 3.68. The molecule has 108 valence electrons. The van der Waals surface area contributed by atoms with Gasteiger partial charge in [-0.1, -0.05) is 6.07 Å². The number of pyridine rings is 1. The van der Waals surface area contributed by atoms with Crippen molar-refractivity contribution >= 4 is 35.1 Å². The van der Waals surface area contributed by atoms with E-state index >= 15 is 0 Å². The second kappa shape index (κ2) is 6.32. The Morgan fingerprint density at radius 3 is 2.76 bits per heavy atom. The fraction of sp³-hybridized carbons (Fsp3) is 0.133. The molecule has 21 heavy (non-hydrogen) atoms. The number of aryl methyl sites for hydroxylation is 2. The Balaban J connectivity index is 2.16. The van der Waals surface area contributed by atoms with Crippen LogP contribution >= 0.6 is 11.3 Å². The molecule has 0 saturated carbocycles. The number of carboxylic acid groups (broad SMARTS) is 1.